The van der Waals surface area contributed by atoms with Crippen LogP contribution in [0.15, 0.2) is 52.3 Å². The third-order valence-corrected chi connectivity index (χ3v) is 6.30. The number of para-hydroxylation sites is 1. The van der Waals surface area contributed by atoms with Crippen LogP contribution in [0.25, 0.3) is 0 Å². The minimum atomic E-state index is -4.20. The molecule has 3 rings (SSSR count). The van der Waals surface area contributed by atoms with Gasteiger partial charge in [0.15, 0.2) is 5.37 Å². The van der Waals surface area contributed by atoms with Gasteiger partial charge in [0, 0.05) is 9.79 Å². The molecular formula is C16H17NO3S2. The van der Waals surface area contributed by atoms with Gasteiger partial charge in [0.1, 0.15) is 0 Å². The third-order valence-electron chi connectivity index (χ3n) is 3.77. The van der Waals surface area contributed by atoms with E-state index in [1.165, 1.54) is 0 Å². The van der Waals surface area contributed by atoms with Crippen LogP contribution in [0, 0.1) is 6.92 Å². The second-order valence-electron chi connectivity index (χ2n) is 5.24. The van der Waals surface area contributed by atoms with E-state index in [1.54, 1.807) is 23.6 Å². The van der Waals surface area contributed by atoms with Crippen molar-refractivity contribution in [2.75, 3.05) is 4.90 Å². The molecule has 1 N–H and O–H groups in total. The molecule has 22 heavy (non-hydrogen) atoms. The molecule has 0 bridgehead atoms. The smallest absolute Gasteiger partial charge is 0.286 e. The van der Waals surface area contributed by atoms with Gasteiger partial charge in [-0.25, -0.2) is 0 Å². The molecule has 1 aliphatic rings. The van der Waals surface area contributed by atoms with Crippen molar-refractivity contribution in [3.8, 4) is 0 Å². The minimum Gasteiger partial charge on any atom is -0.320 e. The summed E-state index contributed by atoms with van der Waals surface area (Å²) in [6.45, 7) is 3.77. The molecule has 116 valence electrons. The summed E-state index contributed by atoms with van der Waals surface area (Å²) >= 11 is 1.63. The molecular weight excluding hydrogens is 318 g/mol. The highest BCUT2D eigenvalue weighted by atomic mass is 32.2. The molecule has 0 saturated carbocycles. The van der Waals surface area contributed by atoms with E-state index in [2.05, 4.69) is 0 Å². The summed E-state index contributed by atoms with van der Waals surface area (Å²) in [6, 6.07) is 13.5. The summed E-state index contributed by atoms with van der Waals surface area (Å²) in [5, 5.41) is -0.991. The third kappa shape index (κ3) is 2.51. The number of aryl methyl sites for hydroxylation is 1. The van der Waals surface area contributed by atoms with Gasteiger partial charge in [0.25, 0.3) is 10.1 Å². The lowest BCUT2D eigenvalue weighted by Gasteiger charge is -2.37. The predicted molar refractivity (Wildman–Crippen MR) is 89.5 cm³/mol. The first-order chi connectivity index (χ1) is 10.4. The number of nitrogens with zero attached hydrogens (tertiary/aromatic N) is 1. The minimum absolute atomic E-state index is 0.297. The van der Waals surface area contributed by atoms with Gasteiger partial charge in [0.2, 0.25) is 0 Å². The Hall–Kier alpha value is -1.50. The molecule has 0 aliphatic carbocycles. The number of hydrogen-bond acceptors (Lipinski definition) is 4. The zero-order valence-electron chi connectivity index (χ0n) is 12.4. The SMILES string of the molecule is CCC(N1c2ccccc2Sc2c(C)cccc21)S(=O)(=O)O. The number of hydrogen-bond donors (Lipinski definition) is 1. The highest BCUT2D eigenvalue weighted by Crippen LogP contribution is 2.50. The monoisotopic (exact) mass is 335 g/mol. The van der Waals surface area contributed by atoms with Gasteiger partial charge in [-0.1, -0.05) is 43.0 Å². The Morgan fingerprint density at radius 1 is 1.14 bits per heavy atom. The molecule has 0 aromatic heterocycles. The molecule has 6 heteroatoms. The Bertz CT molecular complexity index is 818. The highest BCUT2D eigenvalue weighted by molar-refractivity contribution is 7.99. The van der Waals surface area contributed by atoms with Crippen LogP contribution in [-0.4, -0.2) is 18.3 Å². The average molecular weight is 335 g/mol. The van der Waals surface area contributed by atoms with Crippen LogP contribution < -0.4 is 4.90 Å². The summed E-state index contributed by atoms with van der Waals surface area (Å²) in [7, 11) is -4.20. The zero-order valence-corrected chi connectivity index (χ0v) is 14.0. The Kier molecular flexibility index (Phi) is 3.92. The second kappa shape index (κ2) is 5.61. The van der Waals surface area contributed by atoms with Crippen molar-refractivity contribution < 1.29 is 13.0 Å². The van der Waals surface area contributed by atoms with Crippen LogP contribution in [0.2, 0.25) is 0 Å². The fourth-order valence-corrected chi connectivity index (χ4v) is 4.83. The summed E-state index contributed by atoms with van der Waals surface area (Å²) in [5.74, 6) is 0. The number of anilines is 2. The zero-order chi connectivity index (χ0) is 15.9. The molecule has 0 amide bonds. The Labute approximate surface area is 134 Å². The Morgan fingerprint density at radius 2 is 1.82 bits per heavy atom. The van der Waals surface area contributed by atoms with E-state index in [-0.39, 0.29) is 0 Å². The first-order valence-electron chi connectivity index (χ1n) is 7.05. The lowest BCUT2D eigenvalue weighted by atomic mass is 10.1. The van der Waals surface area contributed by atoms with Crippen molar-refractivity contribution in [2.24, 2.45) is 0 Å². The van der Waals surface area contributed by atoms with E-state index in [4.69, 9.17) is 0 Å². The van der Waals surface area contributed by atoms with Gasteiger partial charge in [0.05, 0.1) is 11.4 Å². The fourth-order valence-electron chi connectivity index (χ4n) is 2.78. The first kappa shape index (κ1) is 15.4. The molecule has 1 unspecified atom stereocenters. The lowest BCUT2D eigenvalue weighted by molar-refractivity contribution is 0.464. The van der Waals surface area contributed by atoms with Crippen molar-refractivity contribution in [3.63, 3.8) is 0 Å². The lowest BCUT2D eigenvalue weighted by Crippen LogP contribution is -2.38. The quantitative estimate of drug-likeness (QED) is 0.851. The molecule has 1 heterocycles. The topological polar surface area (TPSA) is 57.6 Å². The molecule has 0 radical (unpaired) electrons. The van der Waals surface area contributed by atoms with E-state index in [0.29, 0.717) is 6.42 Å². The number of benzene rings is 2. The van der Waals surface area contributed by atoms with E-state index in [1.807, 2.05) is 49.4 Å². The predicted octanol–water partition coefficient (Wildman–Crippen LogP) is 4.22. The van der Waals surface area contributed by atoms with E-state index in [9.17, 15) is 13.0 Å². The van der Waals surface area contributed by atoms with Gasteiger partial charge in [-0.2, -0.15) is 8.42 Å². The van der Waals surface area contributed by atoms with Crippen LogP contribution in [0.5, 0.6) is 0 Å². The molecule has 1 atom stereocenters. The summed E-state index contributed by atoms with van der Waals surface area (Å²) in [6.07, 6.45) is 0.297. The maximum Gasteiger partial charge on any atom is 0.286 e. The normalized spacial score (nSPS) is 15.1. The summed E-state index contributed by atoms with van der Waals surface area (Å²) in [4.78, 5) is 3.76. The fraction of sp³-hybridized carbons (Fsp3) is 0.250. The van der Waals surface area contributed by atoms with Gasteiger partial charge in [-0.05, 0) is 37.1 Å². The van der Waals surface area contributed by atoms with E-state index in [0.717, 1.165) is 26.7 Å². The van der Waals surface area contributed by atoms with Crippen molar-refractivity contribution in [1.29, 1.82) is 0 Å². The molecule has 0 spiro atoms. The second-order valence-corrected chi connectivity index (χ2v) is 7.87. The molecule has 2 aromatic rings. The van der Waals surface area contributed by atoms with Crippen molar-refractivity contribution >= 4 is 33.3 Å². The summed E-state index contributed by atoms with van der Waals surface area (Å²) in [5.41, 5.74) is 2.73. The van der Waals surface area contributed by atoms with Crippen molar-refractivity contribution in [1.82, 2.24) is 0 Å². The molecule has 1 aliphatic heterocycles. The molecule has 2 aromatic carbocycles. The van der Waals surface area contributed by atoms with Crippen molar-refractivity contribution in [3.05, 3.63) is 48.0 Å². The van der Waals surface area contributed by atoms with Gasteiger partial charge >= 0.3 is 0 Å². The molecule has 0 saturated heterocycles. The van der Waals surface area contributed by atoms with E-state index < -0.39 is 15.5 Å². The maximum atomic E-state index is 11.9. The van der Waals surface area contributed by atoms with Crippen LogP contribution >= 0.6 is 11.8 Å². The van der Waals surface area contributed by atoms with Crippen LogP contribution in [0.1, 0.15) is 18.9 Å². The Morgan fingerprint density at radius 3 is 2.50 bits per heavy atom. The van der Waals surface area contributed by atoms with Crippen LogP contribution in [0.4, 0.5) is 11.4 Å². The molecule has 0 fully saturated rings. The van der Waals surface area contributed by atoms with Crippen LogP contribution in [0.3, 0.4) is 0 Å². The van der Waals surface area contributed by atoms with Gasteiger partial charge in [-0.15, -0.1) is 0 Å². The Balaban J connectivity index is 2.27. The largest absolute Gasteiger partial charge is 0.320 e. The van der Waals surface area contributed by atoms with Gasteiger partial charge in [-0.3, -0.25) is 4.55 Å². The maximum absolute atomic E-state index is 11.9. The average Bonchev–Trinajstić information content (AvgIpc) is 2.47. The van der Waals surface area contributed by atoms with E-state index >= 15 is 0 Å². The standard InChI is InChI=1S/C16H17NO3S2/c1-3-15(22(18,19)20)17-12-8-4-5-10-14(12)21-16-11(2)7-6-9-13(16)17/h4-10,15H,3H2,1-2H3,(H,18,19,20). The number of fused-ring (bicyclic) bond motifs is 2. The number of rotatable bonds is 3. The van der Waals surface area contributed by atoms with Crippen molar-refractivity contribution in [2.45, 2.75) is 35.4 Å². The first-order valence-corrected chi connectivity index (χ1v) is 9.37. The molecule has 4 nitrogen and oxygen atoms in total. The van der Waals surface area contributed by atoms with Crippen LogP contribution in [-0.2, 0) is 10.1 Å². The van der Waals surface area contributed by atoms with Gasteiger partial charge < -0.3 is 4.90 Å². The highest BCUT2D eigenvalue weighted by Gasteiger charge is 2.35. The summed E-state index contributed by atoms with van der Waals surface area (Å²) < 4.78 is 33.4.